The minimum absolute atomic E-state index is 0.00256. The van der Waals surface area contributed by atoms with Crippen LogP contribution in [0.15, 0.2) is 23.7 Å². The van der Waals surface area contributed by atoms with E-state index in [1.807, 2.05) is 11.4 Å². The molecule has 1 unspecified atom stereocenters. The van der Waals surface area contributed by atoms with Gasteiger partial charge < -0.3 is 20.8 Å². The van der Waals surface area contributed by atoms with Crippen molar-refractivity contribution in [2.45, 2.75) is 24.5 Å². The Morgan fingerprint density at radius 2 is 1.96 bits per heavy atom. The molecular weight excluding hydrogens is 374 g/mol. The Kier molecular flexibility index (Phi) is 6.13. The summed E-state index contributed by atoms with van der Waals surface area (Å²) in [6.45, 7) is -0.0259. The summed E-state index contributed by atoms with van der Waals surface area (Å²) in [7, 11) is 0. The number of thiophene rings is 1. The van der Waals surface area contributed by atoms with E-state index >= 15 is 0 Å². The summed E-state index contributed by atoms with van der Waals surface area (Å²) in [6, 6.07) is 3.48. The van der Waals surface area contributed by atoms with Crippen molar-refractivity contribution in [3.63, 3.8) is 0 Å². The second-order valence-corrected chi connectivity index (χ2v) is 8.35. The Morgan fingerprint density at radius 3 is 2.73 bits per heavy atom. The molecule has 7 nitrogen and oxygen atoms in total. The van der Waals surface area contributed by atoms with Gasteiger partial charge in [0.2, 0.25) is 0 Å². The number of thioether (sulfide) groups is 1. The average Bonchev–Trinajstić information content (AvgIpc) is 3.13. The Labute approximate surface area is 159 Å². The second-order valence-electron chi connectivity index (χ2n) is 6.21. The highest BCUT2D eigenvalue weighted by atomic mass is 32.2. The molecule has 140 valence electrons. The number of carbonyl (C=O) groups is 2. The van der Waals surface area contributed by atoms with E-state index < -0.39 is 17.6 Å². The first-order valence-corrected chi connectivity index (χ1v) is 10.4. The summed E-state index contributed by atoms with van der Waals surface area (Å²) in [4.78, 5) is 28.6. The molecule has 1 aliphatic rings. The maximum Gasteiger partial charge on any atom is 0.252 e. The lowest BCUT2D eigenvalue weighted by molar-refractivity contribution is -0.140. The van der Waals surface area contributed by atoms with E-state index in [-0.39, 0.29) is 19.0 Å². The molecule has 1 saturated heterocycles. The fourth-order valence-corrected chi connectivity index (χ4v) is 4.77. The fourth-order valence-electron chi connectivity index (χ4n) is 2.74. The van der Waals surface area contributed by atoms with Gasteiger partial charge >= 0.3 is 0 Å². The molecule has 0 aliphatic carbocycles. The number of hydrogen-bond acceptors (Lipinski definition) is 7. The maximum absolute atomic E-state index is 12.3. The SMILES string of the molecule is O=C(NCC(O)CNC(=O)C1(O)CCSCC1)c1ccnc2ccsc12. The summed E-state index contributed by atoms with van der Waals surface area (Å²) in [5, 5.41) is 27.5. The smallest absolute Gasteiger partial charge is 0.252 e. The third-order valence-electron chi connectivity index (χ3n) is 4.33. The lowest BCUT2D eigenvalue weighted by Crippen LogP contribution is -2.51. The number of nitrogens with one attached hydrogen (secondary N) is 2. The lowest BCUT2D eigenvalue weighted by Gasteiger charge is -2.30. The summed E-state index contributed by atoms with van der Waals surface area (Å²) in [5.74, 6) is 0.725. The number of hydrogen-bond donors (Lipinski definition) is 4. The van der Waals surface area contributed by atoms with Crippen LogP contribution in [0.2, 0.25) is 0 Å². The molecule has 2 amide bonds. The van der Waals surface area contributed by atoms with Gasteiger partial charge in [0.1, 0.15) is 5.60 Å². The van der Waals surface area contributed by atoms with Gasteiger partial charge in [-0.25, -0.2) is 0 Å². The number of rotatable bonds is 6. The number of aliphatic hydroxyl groups excluding tert-OH is 1. The van der Waals surface area contributed by atoms with Crippen molar-refractivity contribution in [1.82, 2.24) is 15.6 Å². The van der Waals surface area contributed by atoms with E-state index in [9.17, 15) is 19.8 Å². The van der Waals surface area contributed by atoms with Gasteiger partial charge in [-0.3, -0.25) is 14.6 Å². The zero-order valence-electron chi connectivity index (χ0n) is 14.1. The molecule has 0 spiro atoms. The second kappa shape index (κ2) is 8.34. The highest BCUT2D eigenvalue weighted by Crippen LogP contribution is 2.27. The van der Waals surface area contributed by atoms with Gasteiger partial charge in [0.15, 0.2) is 0 Å². The Morgan fingerprint density at radius 1 is 1.23 bits per heavy atom. The summed E-state index contributed by atoms with van der Waals surface area (Å²) >= 11 is 3.14. The minimum atomic E-state index is -1.35. The zero-order valence-corrected chi connectivity index (χ0v) is 15.7. The van der Waals surface area contributed by atoms with Crippen LogP contribution < -0.4 is 10.6 Å². The van der Waals surface area contributed by atoms with Gasteiger partial charge in [-0.2, -0.15) is 11.8 Å². The summed E-state index contributed by atoms with van der Waals surface area (Å²) < 4.78 is 0.796. The molecule has 9 heteroatoms. The van der Waals surface area contributed by atoms with E-state index in [2.05, 4.69) is 15.6 Å². The van der Waals surface area contributed by atoms with Gasteiger partial charge in [0.25, 0.3) is 11.8 Å². The maximum atomic E-state index is 12.3. The van der Waals surface area contributed by atoms with Crippen molar-refractivity contribution < 1.29 is 19.8 Å². The Hall–Kier alpha value is -1.68. The topological polar surface area (TPSA) is 112 Å². The Balaban J connectivity index is 1.48. The number of amides is 2. The zero-order chi connectivity index (χ0) is 18.6. The van der Waals surface area contributed by atoms with Crippen LogP contribution in [0, 0.1) is 0 Å². The van der Waals surface area contributed by atoms with Crippen molar-refractivity contribution in [2.24, 2.45) is 0 Å². The number of pyridine rings is 1. The number of aromatic nitrogens is 1. The molecule has 2 aromatic heterocycles. The average molecular weight is 396 g/mol. The molecule has 3 rings (SSSR count). The molecule has 0 bridgehead atoms. The van der Waals surface area contributed by atoms with Crippen LogP contribution in [0.4, 0.5) is 0 Å². The predicted octanol–water partition coefficient (Wildman–Crippen LogP) is 0.761. The van der Waals surface area contributed by atoms with Crippen molar-refractivity contribution >= 4 is 45.1 Å². The first kappa shape index (κ1) is 19.1. The van der Waals surface area contributed by atoms with Crippen molar-refractivity contribution in [3.8, 4) is 0 Å². The van der Waals surface area contributed by atoms with Crippen LogP contribution in [0.3, 0.4) is 0 Å². The Bertz CT molecular complexity index is 789. The van der Waals surface area contributed by atoms with Crippen molar-refractivity contribution in [2.75, 3.05) is 24.6 Å². The quantitative estimate of drug-likeness (QED) is 0.575. The van der Waals surface area contributed by atoms with Gasteiger partial charge in [0, 0.05) is 19.3 Å². The van der Waals surface area contributed by atoms with Gasteiger partial charge in [-0.1, -0.05) is 0 Å². The number of aliphatic hydroxyl groups is 2. The third kappa shape index (κ3) is 4.35. The number of fused-ring (bicyclic) bond motifs is 1. The van der Waals surface area contributed by atoms with Crippen LogP contribution >= 0.6 is 23.1 Å². The highest BCUT2D eigenvalue weighted by Gasteiger charge is 2.37. The minimum Gasteiger partial charge on any atom is -0.389 e. The molecule has 3 heterocycles. The molecule has 1 fully saturated rings. The van der Waals surface area contributed by atoms with E-state index in [0.29, 0.717) is 18.4 Å². The third-order valence-corrected chi connectivity index (χ3v) is 6.25. The number of carbonyl (C=O) groups excluding carboxylic acids is 2. The monoisotopic (exact) mass is 395 g/mol. The first-order chi connectivity index (χ1) is 12.5. The molecule has 26 heavy (non-hydrogen) atoms. The van der Waals surface area contributed by atoms with Crippen LogP contribution in [0.5, 0.6) is 0 Å². The molecule has 1 atom stereocenters. The molecule has 0 radical (unpaired) electrons. The van der Waals surface area contributed by atoms with E-state index in [1.165, 1.54) is 11.3 Å². The van der Waals surface area contributed by atoms with Crippen LogP contribution in [-0.2, 0) is 4.79 Å². The van der Waals surface area contributed by atoms with Crippen molar-refractivity contribution in [1.29, 1.82) is 0 Å². The number of nitrogens with zero attached hydrogens (tertiary/aromatic N) is 1. The highest BCUT2D eigenvalue weighted by molar-refractivity contribution is 7.99. The van der Waals surface area contributed by atoms with Crippen molar-refractivity contribution in [3.05, 3.63) is 29.3 Å². The molecule has 4 N–H and O–H groups in total. The summed E-state index contributed by atoms with van der Waals surface area (Å²) in [5.41, 5.74) is -0.0830. The molecule has 2 aromatic rings. The fraction of sp³-hybridized carbons (Fsp3) is 0.471. The molecule has 0 saturated carbocycles. The standard InChI is InChI=1S/C17H21N3O4S2/c21-11(10-20-16(23)17(24)3-7-25-8-4-17)9-19-15(22)12-1-5-18-13-2-6-26-14(12)13/h1-2,5-6,11,21,24H,3-4,7-10H2,(H,19,22)(H,20,23). The lowest BCUT2D eigenvalue weighted by atomic mass is 9.96. The summed E-state index contributed by atoms with van der Waals surface area (Å²) in [6.07, 6.45) is 1.46. The van der Waals surface area contributed by atoms with Gasteiger partial charge in [-0.15, -0.1) is 11.3 Å². The molecule has 0 aromatic carbocycles. The van der Waals surface area contributed by atoms with E-state index in [0.717, 1.165) is 21.7 Å². The first-order valence-electron chi connectivity index (χ1n) is 8.36. The molecular formula is C17H21N3O4S2. The molecule has 1 aliphatic heterocycles. The normalized spacial score (nSPS) is 17.6. The van der Waals surface area contributed by atoms with Crippen LogP contribution in [0.1, 0.15) is 23.2 Å². The van der Waals surface area contributed by atoms with E-state index in [1.54, 1.807) is 24.0 Å². The predicted molar refractivity (Wildman–Crippen MR) is 102 cm³/mol. The largest absolute Gasteiger partial charge is 0.389 e. The van der Waals surface area contributed by atoms with E-state index in [4.69, 9.17) is 0 Å². The van der Waals surface area contributed by atoms with Gasteiger partial charge in [-0.05, 0) is 41.9 Å². The van der Waals surface area contributed by atoms with Crippen LogP contribution in [0.25, 0.3) is 10.2 Å². The van der Waals surface area contributed by atoms with Gasteiger partial charge in [0.05, 0.1) is 21.9 Å². The van der Waals surface area contributed by atoms with Crippen LogP contribution in [-0.4, -0.2) is 63.3 Å².